The van der Waals surface area contributed by atoms with E-state index in [2.05, 4.69) is 0 Å². The first-order chi connectivity index (χ1) is 7.14. The molecule has 0 unspecified atom stereocenters. The van der Waals surface area contributed by atoms with Crippen LogP contribution in [0.25, 0.3) is 0 Å². The van der Waals surface area contributed by atoms with Gasteiger partial charge in [0.15, 0.2) is 0 Å². The molecule has 0 aliphatic rings. The van der Waals surface area contributed by atoms with Gasteiger partial charge in [-0.15, -0.1) is 66.5 Å². The molecule has 0 heterocycles. The summed E-state index contributed by atoms with van der Waals surface area (Å²) < 4.78 is 5.07. The summed E-state index contributed by atoms with van der Waals surface area (Å²) in [6, 6.07) is -5.46. The summed E-state index contributed by atoms with van der Waals surface area (Å²) >= 11 is 34.4. The molecule has 16 heavy (non-hydrogen) atoms. The molecule has 0 saturated carbocycles. The molecule has 0 saturated heterocycles. The predicted molar refractivity (Wildman–Crippen MR) is 83.9 cm³/mol. The van der Waals surface area contributed by atoms with Crippen molar-refractivity contribution in [3.8, 4) is 0 Å². The maximum Gasteiger partial charge on any atom is 0.365 e. The Labute approximate surface area is 127 Å². The third-order valence-corrected chi connectivity index (χ3v) is 7.69. The Bertz CT molecular complexity index is 234. The highest BCUT2D eigenvalue weighted by Gasteiger charge is 2.22. The van der Waals surface area contributed by atoms with Gasteiger partial charge in [0.2, 0.25) is 0 Å². The fourth-order valence-electron chi connectivity index (χ4n) is 0.833. The highest BCUT2D eigenvalue weighted by atomic mass is 35.8. The van der Waals surface area contributed by atoms with Crippen LogP contribution in [0, 0.1) is 0 Å². The van der Waals surface area contributed by atoms with Gasteiger partial charge in [0.05, 0.1) is 0 Å². The number of hydrogen-bond donors (Lipinski definition) is 0. The van der Waals surface area contributed by atoms with Crippen molar-refractivity contribution < 1.29 is 4.74 Å². The van der Waals surface area contributed by atoms with Gasteiger partial charge in [-0.1, -0.05) is 22.8 Å². The summed E-state index contributed by atoms with van der Waals surface area (Å²) in [5.74, 6) is 0. The van der Waals surface area contributed by atoms with E-state index >= 15 is 0 Å². The maximum atomic E-state index is 5.74. The molecule has 1 nitrogen and oxygen atoms in total. The number of hydrogen-bond acceptors (Lipinski definition) is 1. The topological polar surface area (TPSA) is 9.23 Å². The van der Waals surface area contributed by atoms with Gasteiger partial charge in [0, 0.05) is 13.3 Å². The van der Waals surface area contributed by atoms with Crippen molar-refractivity contribution in [2.24, 2.45) is 0 Å². The van der Waals surface area contributed by atoms with E-state index in [-0.39, 0.29) is 0 Å². The molecule has 0 fully saturated rings. The maximum absolute atomic E-state index is 5.74. The van der Waals surface area contributed by atoms with Crippen molar-refractivity contribution >= 4 is 87.3 Å². The van der Waals surface area contributed by atoms with Crippen molar-refractivity contribution in [1.82, 2.24) is 0 Å². The van der Waals surface area contributed by atoms with Gasteiger partial charge < -0.3 is 4.74 Å². The van der Waals surface area contributed by atoms with Crippen molar-refractivity contribution in [3.05, 3.63) is 22.8 Å². The van der Waals surface area contributed by atoms with Crippen LogP contribution in [0.3, 0.4) is 0 Å². The molecule has 0 radical (unpaired) electrons. The van der Waals surface area contributed by atoms with E-state index in [4.69, 9.17) is 71.2 Å². The SMILES string of the molecule is COC[SiH](C=C[Si](Cl)(Cl)Cl)C=C[Si](Cl)(Cl)Cl. The highest BCUT2D eigenvalue weighted by Crippen LogP contribution is 2.22. The molecule has 0 aromatic carbocycles. The van der Waals surface area contributed by atoms with E-state index in [0.717, 1.165) is 0 Å². The molecule has 0 aliphatic carbocycles. The van der Waals surface area contributed by atoms with Gasteiger partial charge >= 0.3 is 12.0 Å². The molecule has 0 aromatic rings. The third kappa shape index (κ3) is 12.3. The predicted octanol–water partition coefficient (Wildman–Crippen LogP) is 3.98. The minimum atomic E-state index is -2.73. The molecule has 0 aliphatic heterocycles. The highest BCUT2D eigenvalue weighted by molar-refractivity contribution is 7.67. The zero-order valence-electron chi connectivity index (χ0n) is 8.27. The Morgan fingerprint density at radius 2 is 1.31 bits per heavy atom. The third-order valence-electron chi connectivity index (χ3n) is 1.42. The van der Waals surface area contributed by atoms with Gasteiger partial charge in [-0.25, -0.2) is 0 Å². The van der Waals surface area contributed by atoms with Crippen LogP contribution in [0.15, 0.2) is 22.8 Å². The average molecular weight is 395 g/mol. The second-order valence-electron chi connectivity index (χ2n) is 2.92. The molecule has 0 bridgehead atoms. The molecule has 0 spiro atoms. The number of ether oxygens (including phenoxy) is 1. The van der Waals surface area contributed by atoms with Crippen LogP contribution >= 0.6 is 66.5 Å². The normalized spacial score (nSPS) is 16.2. The van der Waals surface area contributed by atoms with Crippen molar-refractivity contribution in [2.75, 3.05) is 13.3 Å². The molecular weight excluding hydrogens is 385 g/mol. The van der Waals surface area contributed by atoms with Gasteiger partial charge in [-0.05, 0) is 0 Å². The lowest BCUT2D eigenvalue weighted by molar-refractivity contribution is 0.250. The van der Waals surface area contributed by atoms with Crippen LogP contribution in [0.4, 0.5) is 0 Å². The van der Waals surface area contributed by atoms with Crippen LogP contribution in [-0.4, -0.2) is 34.1 Å². The number of rotatable bonds is 6. The van der Waals surface area contributed by atoms with Crippen molar-refractivity contribution in [2.45, 2.75) is 0 Å². The first-order valence-corrected chi connectivity index (χ1v) is 16.5. The molecule has 94 valence electrons. The fourth-order valence-corrected chi connectivity index (χ4v) is 9.22. The van der Waals surface area contributed by atoms with Crippen LogP contribution in [-0.2, 0) is 4.74 Å². The molecular formula is C6H10Cl6OSi3. The molecule has 0 N–H and O–H groups in total. The summed E-state index contributed by atoms with van der Waals surface area (Å²) in [5.41, 5.74) is 7.06. The van der Waals surface area contributed by atoms with Crippen molar-refractivity contribution in [1.29, 1.82) is 0 Å². The zero-order chi connectivity index (χ0) is 12.8. The lowest BCUT2D eigenvalue weighted by atomic mass is 11.2. The Morgan fingerprint density at radius 1 is 0.938 bits per heavy atom. The zero-order valence-corrected chi connectivity index (χ0v) is 16.0. The van der Waals surface area contributed by atoms with Gasteiger partial charge in [0.25, 0.3) is 0 Å². The molecule has 0 atom stereocenters. The Morgan fingerprint density at radius 3 is 1.56 bits per heavy atom. The monoisotopic (exact) mass is 392 g/mol. The molecule has 0 amide bonds. The quantitative estimate of drug-likeness (QED) is 0.489. The summed E-state index contributed by atoms with van der Waals surface area (Å²) in [4.78, 5) is 0. The van der Waals surface area contributed by atoms with Crippen molar-refractivity contribution in [3.63, 3.8) is 0 Å². The van der Waals surface area contributed by atoms with E-state index in [0.29, 0.717) is 6.23 Å². The Kier molecular flexibility index (Phi) is 9.02. The van der Waals surface area contributed by atoms with Gasteiger partial charge in [-0.3, -0.25) is 0 Å². The van der Waals surface area contributed by atoms with Crippen LogP contribution in [0.5, 0.6) is 0 Å². The van der Waals surface area contributed by atoms with E-state index in [1.165, 1.54) is 0 Å². The standard InChI is InChI=1S/C6H10Cl6OSi3/c1-13-6-14(2-4-15(7,8)9)3-5-16(10,11)12/h2-5,14H,6H2,1H3. The summed E-state index contributed by atoms with van der Waals surface area (Å²) in [6.45, 7) is 0. The van der Waals surface area contributed by atoms with E-state index in [1.807, 2.05) is 11.4 Å². The molecule has 0 rings (SSSR count). The minimum absolute atomic E-state index is 0.581. The minimum Gasteiger partial charge on any atom is -0.388 e. The van der Waals surface area contributed by atoms with E-state index in [1.54, 1.807) is 18.5 Å². The lowest BCUT2D eigenvalue weighted by Gasteiger charge is -2.07. The molecule has 0 aromatic heterocycles. The number of methoxy groups -OCH3 is 1. The van der Waals surface area contributed by atoms with Crippen LogP contribution < -0.4 is 0 Å². The summed E-state index contributed by atoms with van der Waals surface area (Å²) in [6.07, 6.45) is 0.581. The van der Waals surface area contributed by atoms with Crippen LogP contribution in [0.2, 0.25) is 0 Å². The Balaban J connectivity index is 4.51. The Hall–Kier alpha value is 1.83. The first kappa shape index (κ1) is 17.8. The molecule has 10 heteroatoms. The van der Waals surface area contributed by atoms with E-state index in [9.17, 15) is 0 Å². The fraction of sp³-hybridized carbons (Fsp3) is 0.333. The second-order valence-corrected chi connectivity index (χ2v) is 22.4. The average Bonchev–Trinajstić information content (AvgIpc) is 2.07. The van der Waals surface area contributed by atoms with E-state index < -0.39 is 20.8 Å². The number of halogens is 6. The largest absolute Gasteiger partial charge is 0.388 e. The summed E-state index contributed by atoms with van der Waals surface area (Å²) in [7, 11) is 0.158. The smallest absolute Gasteiger partial charge is 0.365 e. The van der Waals surface area contributed by atoms with Gasteiger partial charge in [-0.2, -0.15) is 0 Å². The lowest BCUT2D eigenvalue weighted by Crippen LogP contribution is -2.19. The summed E-state index contributed by atoms with van der Waals surface area (Å²) in [5, 5.41) is 0. The van der Waals surface area contributed by atoms with Gasteiger partial charge in [0.1, 0.15) is 8.80 Å². The van der Waals surface area contributed by atoms with Crippen LogP contribution in [0.1, 0.15) is 0 Å². The first-order valence-electron chi connectivity index (χ1n) is 4.15. The second kappa shape index (κ2) is 8.09.